The fourth-order valence-corrected chi connectivity index (χ4v) is 2.20. The van der Waals surface area contributed by atoms with Crippen molar-refractivity contribution in [2.24, 2.45) is 7.05 Å². The maximum atomic E-state index is 4.59. The predicted octanol–water partition coefficient (Wildman–Crippen LogP) is 2.88. The van der Waals surface area contributed by atoms with Crippen molar-refractivity contribution in [2.75, 3.05) is 7.05 Å². The zero-order valence-electron chi connectivity index (χ0n) is 10.3. The fraction of sp³-hybridized carbons (Fsp3) is 0.308. The van der Waals surface area contributed by atoms with E-state index < -0.39 is 0 Å². The average molecular weight is 294 g/mol. The molecule has 0 atom stereocenters. The highest BCUT2D eigenvalue weighted by Gasteiger charge is 2.13. The summed E-state index contributed by atoms with van der Waals surface area (Å²) in [5.41, 5.74) is 3.47. The largest absolute Gasteiger partial charge is 0.331 e. The Hall–Kier alpha value is -1.13. The molecule has 1 aromatic carbocycles. The molecule has 0 amide bonds. The minimum Gasteiger partial charge on any atom is -0.331 e. The molecule has 4 heteroatoms. The molecule has 0 saturated carbocycles. The highest BCUT2D eigenvalue weighted by Crippen LogP contribution is 2.25. The van der Waals surface area contributed by atoms with Gasteiger partial charge in [0.05, 0.1) is 11.4 Å². The van der Waals surface area contributed by atoms with Crippen LogP contribution in [0.3, 0.4) is 0 Å². The Balaban J connectivity index is 2.53. The van der Waals surface area contributed by atoms with E-state index in [2.05, 4.69) is 62.1 Å². The van der Waals surface area contributed by atoms with Crippen LogP contribution in [-0.2, 0) is 13.6 Å². The standard InChI is InChI=1S/C13H16BrN3/c1-9-16-12(8-15-2)13(17(9)3)10-4-6-11(14)7-5-10/h4-7,15H,8H2,1-3H3. The lowest BCUT2D eigenvalue weighted by molar-refractivity contribution is 0.796. The van der Waals surface area contributed by atoms with E-state index in [0.29, 0.717) is 0 Å². The molecular weight excluding hydrogens is 278 g/mol. The molecule has 0 aliphatic rings. The molecule has 0 fully saturated rings. The van der Waals surface area contributed by atoms with Gasteiger partial charge >= 0.3 is 0 Å². The highest BCUT2D eigenvalue weighted by atomic mass is 79.9. The number of nitrogens with zero attached hydrogens (tertiary/aromatic N) is 2. The Morgan fingerprint density at radius 2 is 1.94 bits per heavy atom. The molecule has 0 radical (unpaired) electrons. The third-order valence-corrected chi connectivity index (χ3v) is 3.38. The van der Waals surface area contributed by atoms with Crippen LogP contribution in [0.4, 0.5) is 0 Å². The molecule has 0 unspecified atom stereocenters. The Labute approximate surface area is 110 Å². The summed E-state index contributed by atoms with van der Waals surface area (Å²) in [7, 11) is 3.99. The molecule has 1 N–H and O–H groups in total. The van der Waals surface area contributed by atoms with Crippen LogP contribution in [0.15, 0.2) is 28.7 Å². The number of nitrogens with one attached hydrogen (secondary N) is 1. The maximum absolute atomic E-state index is 4.59. The van der Waals surface area contributed by atoms with Crippen LogP contribution in [0.2, 0.25) is 0 Å². The van der Waals surface area contributed by atoms with Gasteiger partial charge in [0.15, 0.2) is 0 Å². The van der Waals surface area contributed by atoms with Crippen molar-refractivity contribution in [2.45, 2.75) is 13.5 Å². The van der Waals surface area contributed by atoms with E-state index in [4.69, 9.17) is 0 Å². The Morgan fingerprint density at radius 1 is 1.29 bits per heavy atom. The average Bonchev–Trinajstić information content (AvgIpc) is 2.57. The van der Waals surface area contributed by atoms with E-state index in [0.717, 1.165) is 22.5 Å². The molecule has 0 bridgehead atoms. The monoisotopic (exact) mass is 293 g/mol. The van der Waals surface area contributed by atoms with Gasteiger partial charge in [-0.1, -0.05) is 28.1 Å². The number of rotatable bonds is 3. The first kappa shape index (κ1) is 12.3. The number of hydrogen-bond donors (Lipinski definition) is 1. The summed E-state index contributed by atoms with van der Waals surface area (Å²) >= 11 is 3.46. The lowest BCUT2D eigenvalue weighted by Crippen LogP contribution is -2.07. The first-order valence-corrected chi connectivity index (χ1v) is 6.35. The van der Waals surface area contributed by atoms with Gasteiger partial charge in [-0.15, -0.1) is 0 Å². The lowest BCUT2D eigenvalue weighted by Gasteiger charge is -2.07. The van der Waals surface area contributed by atoms with Gasteiger partial charge < -0.3 is 9.88 Å². The second kappa shape index (κ2) is 5.02. The molecule has 0 aliphatic heterocycles. The summed E-state index contributed by atoms with van der Waals surface area (Å²) in [6, 6.07) is 8.33. The first-order chi connectivity index (χ1) is 8.13. The zero-order valence-corrected chi connectivity index (χ0v) is 11.9. The Kier molecular flexibility index (Phi) is 3.64. The van der Waals surface area contributed by atoms with E-state index in [1.54, 1.807) is 0 Å². The molecule has 2 rings (SSSR count). The predicted molar refractivity (Wildman–Crippen MR) is 73.8 cm³/mol. The Bertz CT molecular complexity index is 514. The van der Waals surface area contributed by atoms with Crippen LogP contribution in [0, 0.1) is 6.92 Å². The summed E-state index contributed by atoms with van der Waals surface area (Å²) in [4.78, 5) is 4.59. The summed E-state index contributed by atoms with van der Waals surface area (Å²) in [5.74, 6) is 1.04. The minimum absolute atomic E-state index is 0.785. The van der Waals surface area contributed by atoms with Crippen LogP contribution in [0.1, 0.15) is 11.5 Å². The molecule has 3 nitrogen and oxygen atoms in total. The molecular formula is C13H16BrN3. The number of imidazole rings is 1. The number of hydrogen-bond acceptors (Lipinski definition) is 2. The topological polar surface area (TPSA) is 29.9 Å². The number of halogens is 1. The van der Waals surface area contributed by atoms with Gasteiger partial charge in [0.2, 0.25) is 0 Å². The van der Waals surface area contributed by atoms with E-state index in [1.807, 2.05) is 14.0 Å². The maximum Gasteiger partial charge on any atom is 0.106 e. The van der Waals surface area contributed by atoms with E-state index in [-0.39, 0.29) is 0 Å². The van der Waals surface area contributed by atoms with Crippen molar-refractivity contribution in [1.29, 1.82) is 0 Å². The third-order valence-electron chi connectivity index (χ3n) is 2.85. The molecule has 90 valence electrons. The summed E-state index contributed by atoms with van der Waals surface area (Å²) in [6.07, 6.45) is 0. The molecule has 0 aliphatic carbocycles. The number of aromatic nitrogens is 2. The Morgan fingerprint density at radius 3 is 2.53 bits per heavy atom. The van der Waals surface area contributed by atoms with Crippen molar-refractivity contribution >= 4 is 15.9 Å². The normalized spacial score (nSPS) is 10.8. The van der Waals surface area contributed by atoms with Gasteiger partial charge in [0, 0.05) is 23.6 Å². The first-order valence-electron chi connectivity index (χ1n) is 5.56. The van der Waals surface area contributed by atoms with Crippen molar-refractivity contribution < 1.29 is 0 Å². The van der Waals surface area contributed by atoms with Crippen LogP contribution in [0.5, 0.6) is 0 Å². The second-order valence-electron chi connectivity index (χ2n) is 4.05. The van der Waals surface area contributed by atoms with Crippen LogP contribution in [0.25, 0.3) is 11.3 Å². The van der Waals surface area contributed by atoms with Gasteiger partial charge in [-0.3, -0.25) is 0 Å². The fourth-order valence-electron chi connectivity index (χ4n) is 1.94. The van der Waals surface area contributed by atoms with E-state index in [9.17, 15) is 0 Å². The molecule has 0 saturated heterocycles. The molecule has 2 aromatic rings. The molecule has 1 aromatic heterocycles. The quantitative estimate of drug-likeness (QED) is 0.943. The van der Waals surface area contributed by atoms with Gasteiger partial charge in [-0.25, -0.2) is 4.98 Å². The SMILES string of the molecule is CNCc1nc(C)n(C)c1-c1ccc(Br)cc1. The van der Waals surface area contributed by atoms with E-state index in [1.165, 1.54) is 11.3 Å². The lowest BCUT2D eigenvalue weighted by atomic mass is 10.1. The highest BCUT2D eigenvalue weighted by molar-refractivity contribution is 9.10. The zero-order chi connectivity index (χ0) is 12.4. The minimum atomic E-state index is 0.785. The molecule has 0 spiro atoms. The van der Waals surface area contributed by atoms with Crippen molar-refractivity contribution in [3.63, 3.8) is 0 Å². The van der Waals surface area contributed by atoms with Crippen molar-refractivity contribution in [1.82, 2.24) is 14.9 Å². The third kappa shape index (κ3) is 2.42. The van der Waals surface area contributed by atoms with Crippen LogP contribution >= 0.6 is 15.9 Å². The van der Waals surface area contributed by atoms with Crippen molar-refractivity contribution in [3.05, 3.63) is 40.3 Å². The van der Waals surface area contributed by atoms with E-state index >= 15 is 0 Å². The summed E-state index contributed by atoms with van der Waals surface area (Å²) in [6.45, 7) is 2.81. The number of aryl methyl sites for hydroxylation is 1. The van der Waals surface area contributed by atoms with Gasteiger partial charge in [-0.05, 0) is 26.1 Å². The van der Waals surface area contributed by atoms with Crippen LogP contribution < -0.4 is 5.32 Å². The van der Waals surface area contributed by atoms with Gasteiger partial charge in [0.25, 0.3) is 0 Å². The summed E-state index contributed by atoms with van der Waals surface area (Å²) in [5, 5.41) is 3.16. The second-order valence-corrected chi connectivity index (χ2v) is 4.97. The van der Waals surface area contributed by atoms with Crippen molar-refractivity contribution in [3.8, 4) is 11.3 Å². The van der Waals surface area contributed by atoms with Crippen LogP contribution in [-0.4, -0.2) is 16.6 Å². The molecule has 1 heterocycles. The smallest absolute Gasteiger partial charge is 0.106 e. The van der Waals surface area contributed by atoms with Gasteiger partial charge in [-0.2, -0.15) is 0 Å². The summed E-state index contributed by atoms with van der Waals surface area (Å²) < 4.78 is 3.23. The number of benzene rings is 1. The molecule has 17 heavy (non-hydrogen) atoms. The van der Waals surface area contributed by atoms with Gasteiger partial charge in [0.1, 0.15) is 5.82 Å².